The minimum absolute atomic E-state index is 0.538. The van der Waals surface area contributed by atoms with Crippen LogP contribution in [0.4, 0.5) is 5.00 Å². The normalized spacial score (nSPS) is 19.4. The molecule has 0 bridgehead atoms. The molecule has 1 N–H and O–H groups in total. The molecule has 0 fully saturated rings. The number of thiophene rings is 1. The molecule has 2 heterocycles. The maximum absolute atomic E-state index is 5.85. The Morgan fingerprint density at radius 3 is 3.00 bits per heavy atom. The summed E-state index contributed by atoms with van der Waals surface area (Å²) in [6.45, 7) is 0.771. The highest BCUT2D eigenvalue weighted by atomic mass is 35.5. The van der Waals surface area contributed by atoms with E-state index in [0.717, 1.165) is 6.54 Å². The van der Waals surface area contributed by atoms with Crippen LogP contribution in [-0.4, -0.2) is 5.29 Å². The lowest BCUT2D eigenvalue weighted by molar-refractivity contribution is 0.691. The summed E-state index contributed by atoms with van der Waals surface area (Å²) in [4.78, 5) is 5.78. The van der Waals surface area contributed by atoms with Gasteiger partial charge in [0.1, 0.15) is 5.00 Å². The third-order valence-corrected chi connectivity index (χ3v) is 4.34. The Hall–Kier alpha value is -0.540. The topological polar surface area (TPSA) is 24.4 Å². The Balaban J connectivity index is 2.07. The number of fused-ring (bicyclic) bond motifs is 3. The molecule has 0 amide bonds. The van der Waals surface area contributed by atoms with E-state index in [1.165, 1.54) is 36.2 Å². The SMILES string of the molecule is ClC1=NCc2c(sc3c2CCCC3)N1. The molecule has 1 aliphatic carbocycles. The number of rotatable bonds is 0. The fourth-order valence-corrected chi connectivity index (χ4v) is 3.69. The Labute approximate surface area is 92.0 Å². The van der Waals surface area contributed by atoms with Gasteiger partial charge in [0.25, 0.3) is 0 Å². The van der Waals surface area contributed by atoms with Crippen LogP contribution < -0.4 is 5.32 Å². The van der Waals surface area contributed by atoms with E-state index in [0.29, 0.717) is 5.29 Å². The Kier molecular flexibility index (Phi) is 2.03. The van der Waals surface area contributed by atoms with Gasteiger partial charge in [0.2, 0.25) is 0 Å². The summed E-state index contributed by atoms with van der Waals surface area (Å²) in [5.41, 5.74) is 2.95. The maximum Gasteiger partial charge on any atom is 0.196 e. The van der Waals surface area contributed by atoms with Gasteiger partial charge in [-0.25, -0.2) is 0 Å². The van der Waals surface area contributed by atoms with Gasteiger partial charge in [-0.05, 0) is 42.8 Å². The number of aryl methyl sites for hydroxylation is 1. The summed E-state index contributed by atoms with van der Waals surface area (Å²) in [6.07, 6.45) is 5.14. The van der Waals surface area contributed by atoms with Gasteiger partial charge in [-0.1, -0.05) is 0 Å². The average molecular weight is 227 g/mol. The van der Waals surface area contributed by atoms with Gasteiger partial charge in [-0.15, -0.1) is 11.3 Å². The van der Waals surface area contributed by atoms with Crippen molar-refractivity contribution in [2.24, 2.45) is 4.99 Å². The van der Waals surface area contributed by atoms with Crippen LogP contribution in [0.2, 0.25) is 0 Å². The quantitative estimate of drug-likeness (QED) is 0.676. The zero-order valence-corrected chi connectivity index (χ0v) is 9.34. The number of nitrogens with one attached hydrogen (secondary N) is 1. The minimum Gasteiger partial charge on any atom is -0.322 e. The van der Waals surface area contributed by atoms with E-state index in [9.17, 15) is 0 Å². The zero-order valence-electron chi connectivity index (χ0n) is 7.77. The van der Waals surface area contributed by atoms with Gasteiger partial charge in [-0.3, -0.25) is 4.99 Å². The number of halogens is 1. The second-order valence-corrected chi connectivity index (χ2v) is 5.21. The van der Waals surface area contributed by atoms with Crippen LogP contribution in [0.3, 0.4) is 0 Å². The smallest absolute Gasteiger partial charge is 0.196 e. The van der Waals surface area contributed by atoms with E-state index in [-0.39, 0.29) is 0 Å². The van der Waals surface area contributed by atoms with Crippen LogP contribution >= 0.6 is 22.9 Å². The van der Waals surface area contributed by atoms with Crippen LogP contribution in [0.1, 0.15) is 28.8 Å². The lowest BCUT2D eigenvalue weighted by Crippen LogP contribution is -2.11. The highest BCUT2D eigenvalue weighted by Crippen LogP contribution is 2.39. The summed E-state index contributed by atoms with van der Waals surface area (Å²) in [5.74, 6) is 0. The van der Waals surface area contributed by atoms with E-state index in [1.54, 1.807) is 10.4 Å². The molecule has 0 atom stereocenters. The lowest BCUT2D eigenvalue weighted by Gasteiger charge is -2.14. The molecule has 1 aliphatic heterocycles. The van der Waals surface area contributed by atoms with E-state index < -0.39 is 0 Å². The van der Waals surface area contributed by atoms with Gasteiger partial charge in [0.05, 0.1) is 6.54 Å². The summed E-state index contributed by atoms with van der Waals surface area (Å²) < 4.78 is 0. The van der Waals surface area contributed by atoms with Crippen molar-refractivity contribution >= 4 is 33.2 Å². The Bertz CT molecular complexity index is 408. The molecule has 0 saturated carbocycles. The number of anilines is 1. The van der Waals surface area contributed by atoms with Crippen molar-refractivity contribution in [2.75, 3.05) is 5.32 Å². The van der Waals surface area contributed by atoms with Gasteiger partial charge in [-0.2, -0.15) is 0 Å². The fourth-order valence-electron chi connectivity index (χ4n) is 2.18. The maximum atomic E-state index is 5.85. The van der Waals surface area contributed by atoms with Crippen molar-refractivity contribution < 1.29 is 0 Å². The standard InChI is InChI=1S/C10H11ClN2S/c11-10-12-5-7-6-3-1-2-4-8(6)14-9(7)13-10/h1-5H2,(H,12,13). The summed E-state index contributed by atoms with van der Waals surface area (Å²) in [5, 5.41) is 4.92. The number of nitrogens with zero attached hydrogens (tertiary/aromatic N) is 1. The fraction of sp³-hybridized carbons (Fsp3) is 0.500. The van der Waals surface area contributed by atoms with Crippen molar-refractivity contribution in [3.8, 4) is 0 Å². The molecule has 1 aromatic rings. The van der Waals surface area contributed by atoms with Gasteiger partial charge in [0, 0.05) is 10.4 Å². The highest BCUT2D eigenvalue weighted by molar-refractivity contribution is 7.16. The predicted molar refractivity (Wildman–Crippen MR) is 61.6 cm³/mol. The number of hydrogen-bond acceptors (Lipinski definition) is 3. The minimum atomic E-state index is 0.538. The van der Waals surface area contributed by atoms with Crippen molar-refractivity contribution in [3.05, 3.63) is 16.0 Å². The van der Waals surface area contributed by atoms with Crippen LogP contribution in [-0.2, 0) is 19.4 Å². The Morgan fingerprint density at radius 1 is 1.21 bits per heavy atom. The van der Waals surface area contributed by atoms with Gasteiger partial charge >= 0.3 is 0 Å². The molecule has 1 aromatic heterocycles. The molecular formula is C10H11ClN2S. The first kappa shape index (κ1) is 8.74. The second-order valence-electron chi connectivity index (χ2n) is 3.75. The molecule has 0 unspecified atom stereocenters. The van der Waals surface area contributed by atoms with E-state index in [4.69, 9.17) is 11.6 Å². The molecule has 0 radical (unpaired) electrons. The largest absolute Gasteiger partial charge is 0.322 e. The third-order valence-electron chi connectivity index (χ3n) is 2.87. The molecule has 2 nitrogen and oxygen atoms in total. The number of amidine groups is 1. The molecular weight excluding hydrogens is 216 g/mol. The van der Waals surface area contributed by atoms with Crippen LogP contribution in [0.25, 0.3) is 0 Å². The monoisotopic (exact) mass is 226 g/mol. The first-order chi connectivity index (χ1) is 6.84. The van der Waals surface area contributed by atoms with Crippen LogP contribution in [0, 0.1) is 0 Å². The van der Waals surface area contributed by atoms with E-state index in [1.807, 2.05) is 11.3 Å². The molecule has 4 heteroatoms. The van der Waals surface area contributed by atoms with Crippen molar-refractivity contribution in [1.29, 1.82) is 0 Å². The third kappa shape index (κ3) is 1.27. The molecule has 0 spiro atoms. The van der Waals surface area contributed by atoms with Crippen LogP contribution in [0.5, 0.6) is 0 Å². The van der Waals surface area contributed by atoms with Crippen molar-refractivity contribution in [1.82, 2.24) is 0 Å². The molecule has 0 aromatic carbocycles. The van der Waals surface area contributed by atoms with Gasteiger partial charge < -0.3 is 5.32 Å². The molecule has 0 saturated heterocycles. The first-order valence-electron chi connectivity index (χ1n) is 4.95. The predicted octanol–water partition coefficient (Wildman–Crippen LogP) is 3.15. The highest BCUT2D eigenvalue weighted by Gasteiger charge is 2.22. The average Bonchev–Trinajstić information content (AvgIpc) is 2.54. The lowest BCUT2D eigenvalue weighted by atomic mass is 9.95. The van der Waals surface area contributed by atoms with E-state index in [2.05, 4.69) is 10.3 Å². The van der Waals surface area contributed by atoms with Crippen molar-refractivity contribution in [3.63, 3.8) is 0 Å². The van der Waals surface area contributed by atoms with Crippen LogP contribution in [0.15, 0.2) is 4.99 Å². The first-order valence-corrected chi connectivity index (χ1v) is 6.14. The molecule has 14 heavy (non-hydrogen) atoms. The van der Waals surface area contributed by atoms with Gasteiger partial charge in [0.15, 0.2) is 5.29 Å². The van der Waals surface area contributed by atoms with E-state index >= 15 is 0 Å². The molecule has 2 aliphatic rings. The summed E-state index contributed by atoms with van der Waals surface area (Å²) in [6, 6.07) is 0. The second kappa shape index (κ2) is 3.24. The summed E-state index contributed by atoms with van der Waals surface area (Å²) in [7, 11) is 0. The zero-order chi connectivity index (χ0) is 9.54. The molecule has 74 valence electrons. The molecule has 3 rings (SSSR count). The Morgan fingerprint density at radius 2 is 2.07 bits per heavy atom. The van der Waals surface area contributed by atoms with Crippen molar-refractivity contribution in [2.45, 2.75) is 32.2 Å². The summed E-state index contributed by atoms with van der Waals surface area (Å²) >= 11 is 7.72. The number of hydrogen-bond donors (Lipinski definition) is 1. The number of aliphatic imine (C=N–C) groups is 1.